The molecule has 0 fully saturated rings. The maximum Gasteiger partial charge on any atom is 0.407 e. The minimum atomic E-state index is -0.578. The summed E-state index contributed by atoms with van der Waals surface area (Å²) in [6.07, 6.45) is 1.36. The molecule has 1 N–H and O–H groups in total. The van der Waals surface area contributed by atoms with E-state index in [0.717, 1.165) is 6.42 Å². The number of ether oxygens (including phenoxy) is 3. The van der Waals surface area contributed by atoms with Gasteiger partial charge in [-0.15, -0.1) is 0 Å². The van der Waals surface area contributed by atoms with Crippen LogP contribution in [0.3, 0.4) is 0 Å². The quantitative estimate of drug-likeness (QED) is 0.268. The van der Waals surface area contributed by atoms with Crippen molar-refractivity contribution in [3.05, 3.63) is 12.2 Å². The highest BCUT2D eigenvalue weighted by molar-refractivity contribution is 5.86. The SMILES string of the molecule is C=C(C)C(=O)OCCNC(=O)OCCCCOC(=O)C(C)(C)CC. The van der Waals surface area contributed by atoms with E-state index in [1.165, 1.54) is 0 Å². The molecule has 0 heterocycles. The highest BCUT2D eigenvalue weighted by atomic mass is 16.6. The maximum atomic E-state index is 11.7. The van der Waals surface area contributed by atoms with Gasteiger partial charge in [0.2, 0.25) is 0 Å². The summed E-state index contributed by atoms with van der Waals surface area (Å²) in [4.78, 5) is 34.2. The Morgan fingerprint density at radius 1 is 1.00 bits per heavy atom. The summed E-state index contributed by atoms with van der Waals surface area (Å²) in [5.41, 5.74) is -0.162. The normalized spacial score (nSPS) is 10.7. The predicted octanol–water partition coefficient (Wildman–Crippen LogP) is 2.59. The van der Waals surface area contributed by atoms with Gasteiger partial charge in [-0.2, -0.15) is 0 Å². The molecule has 0 atom stereocenters. The fourth-order valence-electron chi connectivity index (χ4n) is 1.34. The van der Waals surface area contributed by atoms with E-state index in [1.807, 2.05) is 20.8 Å². The number of alkyl carbamates (subject to hydrolysis) is 1. The Morgan fingerprint density at radius 3 is 2.12 bits per heavy atom. The molecular formula is C17H29NO6. The van der Waals surface area contributed by atoms with Crippen LogP contribution in [0.15, 0.2) is 12.2 Å². The zero-order chi connectivity index (χ0) is 18.6. The minimum absolute atomic E-state index is 0.0595. The number of rotatable bonds is 11. The van der Waals surface area contributed by atoms with Gasteiger partial charge >= 0.3 is 18.0 Å². The van der Waals surface area contributed by atoms with Crippen LogP contribution < -0.4 is 5.32 Å². The standard InChI is InChI=1S/C17H29NO6/c1-6-17(4,5)15(20)23-10-7-8-11-24-16(21)18-9-12-22-14(19)13(2)3/h2,6-12H2,1,3-5H3,(H,18,21). The minimum Gasteiger partial charge on any atom is -0.465 e. The highest BCUT2D eigenvalue weighted by Gasteiger charge is 2.26. The molecule has 138 valence electrons. The largest absolute Gasteiger partial charge is 0.465 e. The van der Waals surface area contributed by atoms with E-state index in [4.69, 9.17) is 14.2 Å². The van der Waals surface area contributed by atoms with Crippen LogP contribution in [0.4, 0.5) is 4.79 Å². The third-order valence-electron chi connectivity index (χ3n) is 3.39. The van der Waals surface area contributed by atoms with Gasteiger partial charge in [0.15, 0.2) is 0 Å². The summed E-state index contributed by atoms with van der Waals surface area (Å²) < 4.78 is 14.9. The van der Waals surface area contributed by atoms with Crippen molar-refractivity contribution in [2.45, 2.75) is 47.0 Å². The molecule has 0 radical (unpaired) electrons. The third kappa shape index (κ3) is 9.86. The van der Waals surface area contributed by atoms with Crippen molar-refractivity contribution in [1.29, 1.82) is 0 Å². The summed E-state index contributed by atoms with van der Waals surface area (Å²) in [7, 11) is 0. The van der Waals surface area contributed by atoms with E-state index in [0.29, 0.717) is 25.0 Å². The highest BCUT2D eigenvalue weighted by Crippen LogP contribution is 2.21. The molecule has 0 saturated carbocycles. The Labute approximate surface area is 143 Å². The number of esters is 2. The number of carbonyl (C=O) groups is 3. The first-order valence-electron chi connectivity index (χ1n) is 8.11. The monoisotopic (exact) mass is 343 g/mol. The second kappa shape index (κ2) is 11.5. The molecular weight excluding hydrogens is 314 g/mol. The molecule has 7 nitrogen and oxygen atoms in total. The molecule has 7 heteroatoms. The molecule has 0 aromatic rings. The summed E-state index contributed by atoms with van der Waals surface area (Å²) in [5, 5.41) is 2.46. The summed E-state index contributed by atoms with van der Waals surface area (Å²) in [6.45, 7) is 11.4. The first-order chi connectivity index (χ1) is 11.2. The van der Waals surface area contributed by atoms with Gasteiger partial charge in [0.1, 0.15) is 6.61 Å². The molecule has 0 aliphatic carbocycles. The lowest BCUT2D eigenvalue weighted by molar-refractivity contribution is -0.154. The van der Waals surface area contributed by atoms with Gasteiger partial charge in [-0.3, -0.25) is 4.79 Å². The van der Waals surface area contributed by atoms with E-state index in [9.17, 15) is 14.4 Å². The molecule has 0 spiro atoms. The fraction of sp³-hybridized carbons (Fsp3) is 0.706. The molecule has 0 unspecified atom stereocenters. The lowest BCUT2D eigenvalue weighted by Gasteiger charge is -2.20. The molecule has 0 aromatic heterocycles. The smallest absolute Gasteiger partial charge is 0.407 e. The first-order valence-corrected chi connectivity index (χ1v) is 8.11. The molecule has 0 aliphatic heterocycles. The number of hydrogen-bond acceptors (Lipinski definition) is 6. The van der Waals surface area contributed by atoms with Crippen molar-refractivity contribution in [1.82, 2.24) is 5.32 Å². The van der Waals surface area contributed by atoms with Crippen LogP contribution in [0.1, 0.15) is 47.0 Å². The second-order valence-corrected chi connectivity index (χ2v) is 6.06. The molecule has 1 amide bonds. The number of carbonyl (C=O) groups excluding carboxylic acids is 3. The van der Waals surface area contributed by atoms with Crippen LogP contribution in [0.2, 0.25) is 0 Å². The number of hydrogen-bond donors (Lipinski definition) is 1. The van der Waals surface area contributed by atoms with Crippen molar-refractivity contribution >= 4 is 18.0 Å². The Bertz CT molecular complexity index is 444. The van der Waals surface area contributed by atoms with Gasteiger partial charge in [0.25, 0.3) is 0 Å². The number of unbranched alkanes of at least 4 members (excludes halogenated alkanes) is 1. The Morgan fingerprint density at radius 2 is 1.58 bits per heavy atom. The summed E-state index contributed by atoms with van der Waals surface area (Å²) >= 11 is 0. The van der Waals surface area contributed by atoms with Gasteiger partial charge in [0.05, 0.1) is 25.2 Å². The van der Waals surface area contributed by atoms with Gasteiger partial charge in [-0.25, -0.2) is 9.59 Å². The molecule has 24 heavy (non-hydrogen) atoms. The number of amides is 1. The number of nitrogens with one attached hydrogen (secondary N) is 1. The van der Waals surface area contributed by atoms with Crippen molar-refractivity contribution < 1.29 is 28.6 Å². The lowest BCUT2D eigenvalue weighted by atomic mass is 9.91. The second-order valence-electron chi connectivity index (χ2n) is 6.06. The lowest BCUT2D eigenvalue weighted by Crippen LogP contribution is -2.29. The van der Waals surface area contributed by atoms with E-state index in [1.54, 1.807) is 6.92 Å². The average Bonchev–Trinajstić information content (AvgIpc) is 2.53. The Hall–Kier alpha value is -2.05. The third-order valence-corrected chi connectivity index (χ3v) is 3.39. The van der Waals surface area contributed by atoms with Crippen LogP contribution in [-0.2, 0) is 23.8 Å². The van der Waals surface area contributed by atoms with Gasteiger partial charge in [0, 0.05) is 5.57 Å². The molecule has 0 rings (SSSR count). The summed E-state index contributed by atoms with van der Waals surface area (Å²) in [5.74, 6) is -0.709. The van der Waals surface area contributed by atoms with Gasteiger partial charge in [-0.05, 0) is 40.0 Å². The fourth-order valence-corrected chi connectivity index (χ4v) is 1.34. The Kier molecular flexibility index (Phi) is 10.5. The molecule has 0 aliphatic rings. The first kappa shape index (κ1) is 21.9. The van der Waals surface area contributed by atoms with E-state index in [-0.39, 0.29) is 25.7 Å². The van der Waals surface area contributed by atoms with Gasteiger partial charge < -0.3 is 19.5 Å². The van der Waals surface area contributed by atoms with Crippen LogP contribution >= 0.6 is 0 Å². The zero-order valence-electron chi connectivity index (χ0n) is 15.1. The van der Waals surface area contributed by atoms with E-state index >= 15 is 0 Å². The zero-order valence-corrected chi connectivity index (χ0v) is 15.1. The van der Waals surface area contributed by atoms with Crippen molar-refractivity contribution in [2.75, 3.05) is 26.4 Å². The molecule has 0 bridgehead atoms. The molecule has 0 saturated heterocycles. The van der Waals surface area contributed by atoms with Crippen LogP contribution in [0.25, 0.3) is 0 Å². The van der Waals surface area contributed by atoms with Crippen LogP contribution in [0.5, 0.6) is 0 Å². The van der Waals surface area contributed by atoms with Gasteiger partial charge in [-0.1, -0.05) is 13.5 Å². The maximum absolute atomic E-state index is 11.7. The Balaban J connectivity index is 3.58. The van der Waals surface area contributed by atoms with E-state index in [2.05, 4.69) is 11.9 Å². The summed E-state index contributed by atoms with van der Waals surface area (Å²) in [6, 6.07) is 0. The van der Waals surface area contributed by atoms with Crippen molar-refractivity contribution in [3.63, 3.8) is 0 Å². The van der Waals surface area contributed by atoms with Crippen LogP contribution in [-0.4, -0.2) is 44.4 Å². The topological polar surface area (TPSA) is 90.9 Å². The van der Waals surface area contributed by atoms with Crippen LogP contribution in [0, 0.1) is 5.41 Å². The van der Waals surface area contributed by atoms with Crippen molar-refractivity contribution in [3.8, 4) is 0 Å². The van der Waals surface area contributed by atoms with Crippen molar-refractivity contribution in [2.24, 2.45) is 5.41 Å². The molecule has 0 aromatic carbocycles. The predicted molar refractivity (Wildman–Crippen MR) is 89.4 cm³/mol. The average molecular weight is 343 g/mol. The van der Waals surface area contributed by atoms with E-state index < -0.39 is 17.5 Å².